The summed E-state index contributed by atoms with van der Waals surface area (Å²) in [5.74, 6) is -0.253. The van der Waals surface area contributed by atoms with Gasteiger partial charge in [-0.2, -0.15) is 0 Å². The fourth-order valence-corrected chi connectivity index (χ4v) is 4.09. The van der Waals surface area contributed by atoms with Crippen molar-refractivity contribution in [1.29, 1.82) is 0 Å². The lowest BCUT2D eigenvalue weighted by Gasteiger charge is -2.23. The molecule has 5 nitrogen and oxygen atoms in total. The molecule has 0 aliphatic heterocycles. The highest BCUT2D eigenvalue weighted by Crippen LogP contribution is 2.33. The number of rotatable bonds is 5. The molecule has 1 amide bonds. The van der Waals surface area contributed by atoms with Crippen LogP contribution >= 0.6 is 23.4 Å². The van der Waals surface area contributed by atoms with Crippen molar-refractivity contribution in [3.63, 3.8) is 0 Å². The molecule has 1 aliphatic carbocycles. The van der Waals surface area contributed by atoms with Crippen molar-refractivity contribution >= 4 is 35.0 Å². The van der Waals surface area contributed by atoms with Crippen LogP contribution in [0.3, 0.4) is 0 Å². The number of non-ortho nitro benzene ring substituents is 1. The zero-order chi connectivity index (χ0) is 18.5. The second-order valence-corrected chi connectivity index (χ2v) is 7.85. The molecule has 0 bridgehead atoms. The minimum absolute atomic E-state index is 0.0840. The van der Waals surface area contributed by atoms with E-state index in [1.54, 1.807) is 18.2 Å². The second-order valence-electron chi connectivity index (χ2n) is 6.30. The summed E-state index contributed by atoms with van der Waals surface area (Å²) in [7, 11) is 0. The molecule has 7 heteroatoms. The summed E-state index contributed by atoms with van der Waals surface area (Å²) < 4.78 is 0. The lowest BCUT2D eigenvalue weighted by Crippen LogP contribution is -2.36. The number of hydrogen-bond donors (Lipinski definition) is 1. The Labute approximate surface area is 161 Å². The molecule has 0 spiro atoms. The van der Waals surface area contributed by atoms with Gasteiger partial charge in [0.15, 0.2) is 0 Å². The molecule has 0 atom stereocenters. The average Bonchev–Trinajstić information content (AvgIpc) is 2.64. The zero-order valence-corrected chi connectivity index (χ0v) is 15.7. The molecule has 2 aromatic rings. The maximum atomic E-state index is 12.8. The second kappa shape index (κ2) is 8.56. The molecule has 0 radical (unpaired) electrons. The van der Waals surface area contributed by atoms with Gasteiger partial charge in [0, 0.05) is 33.0 Å². The van der Waals surface area contributed by atoms with Crippen molar-refractivity contribution in [2.24, 2.45) is 0 Å². The van der Waals surface area contributed by atoms with Gasteiger partial charge in [0.05, 0.1) is 10.5 Å². The van der Waals surface area contributed by atoms with Crippen molar-refractivity contribution < 1.29 is 9.72 Å². The number of nitrogens with zero attached hydrogens (tertiary/aromatic N) is 1. The van der Waals surface area contributed by atoms with Crippen molar-refractivity contribution in [3.8, 4) is 0 Å². The van der Waals surface area contributed by atoms with Crippen molar-refractivity contribution in [3.05, 3.63) is 63.2 Å². The average molecular weight is 391 g/mol. The van der Waals surface area contributed by atoms with Crippen LogP contribution in [-0.2, 0) is 0 Å². The van der Waals surface area contributed by atoms with E-state index >= 15 is 0 Å². The van der Waals surface area contributed by atoms with Crippen molar-refractivity contribution in [2.75, 3.05) is 0 Å². The summed E-state index contributed by atoms with van der Waals surface area (Å²) in [4.78, 5) is 25.0. The number of carbonyl (C=O) groups excluding carboxylic acids is 1. The van der Waals surface area contributed by atoms with E-state index in [4.69, 9.17) is 11.6 Å². The van der Waals surface area contributed by atoms with E-state index in [9.17, 15) is 14.9 Å². The molecule has 26 heavy (non-hydrogen) atoms. The predicted octanol–water partition coefficient (Wildman–Crippen LogP) is 5.46. The van der Waals surface area contributed by atoms with Gasteiger partial charge >= 0.3 is 0 Å². The molecule has 0 aromatic heterocycles. The Bertz CT molecular complexity index is 805. The van der Waals surface area contributed by atoms with E-state index in [2.05, 4.69) is 5.32 Å². The summed E-state index contributed by atoms with van der Waals surface area (Å²) in [6.07, 6.45) is 5.32. The maximum Gasteiger partial charge on any atom is 0.270 e. The Morgan fingerprint density at radius 2 is 1.81 bits per heavy atom. The summed E-state index contributed by atoms with van der Waals surface area (Å²) >= 11 is 7.30. The van der Waals surface area contributed by atoms with Gasteiger partial charge in [0.2, 0.25) is 0 Å². The summed E-state index contributed by atoms with van der Waals surface area (Å²) in [5.41, 5.74) is 0.254. The molecule has 0 heterocycles. The number of amides is 1. The monoisotopic (exact) mass is 390 g/mol. The van der Waals surface area contributed by atoms with Gasteiger partial charge in [-0.25, -0.2) is 0 Å². The first-order valence-corrected chi connectivity index (χ1v) is 9.75. The van der Waals surface area contributed by atoms with Crippen LogP contribution in [0.15, 0.2) is 52.3 Å². The van der Waals surface area contributed by atoms with Crippen LogP contribution in [0, 0.1) is 10.1 Å². The number of benzene rings is 2. The highest BCUT2D eigenvalue weighted by Gasteiger charge is 2.21. The Kier molecular flexibility index (Phi) is 6.16. The Hall–Kier alpha value is -2.05. The molecule has 1 aliphatic rings. The van der Waals surface area contributed by atoms with Crippen LogP contribution in [0.4, 0.5) is 5.69 Å². The number of nitrogens with one attached hydrogen (secondary N) is 1. The molecule has 0 saturated heterocycles. The summed E-state index contributed by atoms with van der Waals surface area (Å²) in [6, 6.07) is 11.8. The van der Waals surface area contributed by atoms with E-state index in [1.165, 1.54) is 30.3 Å². The molecule has 136 valence electrons. The molecule has 0 unspecified atom stereocenters. The maximum absolute atomic E-state index is 12.8. The fourth-order valence-electron chi connectivity index (χ4n) is 3.04. The molecule has 2 aromatic carbocycles. The number of nitro benzene ring substituents is 1. The third-order valence-corrected chi connectivity index (χ3v) is 5.74. The standard InChI is InChI=1S/C19H19ClN2O3S/c20-13-6-9-16(10-7-13)26-18-11-8-15(22(24)25)12-17(18)19(23)21-14-4-2-1-3-5-14/h6-12,14H,1-5H2,(H,21,23). The number of hydrogen-bond acceptors (Lipinski definition) is 4. The Morgan fingerprint density at radius 3 is 2.46 bits per heavy atom. The predicted molar refractivity (Wildman–Crippen MR) is 103 cm³/mol. The summed E-state index contributed by atoms with van der Waals surface area (Å²) in [5, 5.41) is 14.8. The SMILES string of the molecule is O=C(NC1CCCCC1)c1cc([N+](=O)[O-])ccc1Sc1ccc(Cl)cc1. The van der Waals surface area contributed by atoms with E-state index in [0.29, 0.717) is 15.5 Å². The van der Waals surface area contributed by atoms with Gasteiger partial charge in [-0.05, 0) is 43.2 Å². The first kappa shape index (κ1) is 18.7. The number of halogens is 1. The molecular weight excluding hydrogens is 372 g/mol. The van der Waals surface area contributed by atoms with Gasteiger partial charge in [-0.1, -0.05) is 42.6 Å². The fraction of sp³-hybridized carbons (Fsp3) is 0.316. The van der Waals surface area contributed by atoms with Gasteiger partial charge in [0.25, 0.3) is 11.6 Å². The quantitative estimate of drug-likeness (QED) is 0.543. The minimum atomic E-state index is -0.478. The third kappa shape index (κ3) is 4.77. The van der Waals surface area contributed by atoms with Crippen molar-refractivity contribution in [2.45, 2.75) is 47.9 Å². The molecule has 1 saturated carbocycles. The third-order valence-electron chi connectivity index (χ3n) is 4.40. The van der Waals surface area contributed by atoms with Gasteiger partial charge in [-0.3, -0.25) is 14.9 Å². The first-order chi connectivity index (χ1) is 12.5. The Morgan fingerprint density at radius 1 is 1.12 bits per heavy atom. The van der Waals surface area contributed by atoms with E-state index < -0.39 is 4.92 Å². The molecule has 1 fully saturated rings. The topological polar surface area (TPSA) is 72.2 Å². The summed E-state index contributed by atoms with van der Waals surface area (Å²) in [6.45, 7) is 0. The molecule has 3 rings (SSSR count). The van der Waals surface area contributed by atoms with Gasteiger partial charge in [-0.15, -0.1) is 0 Å². The normalized spacial score (nSPS) is 14.8. The van der Waals surface area contributed by atoms with Gasteiger partial charge in [0.1, 0.15) is 0 Å². The number of nitro groups is 1. The molecular formula is C19H19ClN2O3S. The Balaban J connectivity index is 1.86. The minimum Gasteiger partial charge on any atom is -0.349 e. The largest absolute Gasteiger partial charge is 0.349 e. The molecule has 1 N–H and O–H groups in total. The highest BCUT2D eigenvalue weighted by molar-refractivity contribution is 7.99. The van der Waals surface area contributed by atoms with Crippen LogP contribution < -0.4 is 5.32 Å². The highest BCUT2D eigenvalue weighted by atomic mass is 35.5. The van der Waals surface area contributed by atoms with E-state index in [-0.39, 0.29) is 17.6 Å². The smallest absolute Gasteiger partial charge is 0.270 e. The van der Waals surface area contributed by atoms with Crippen LogP contribution in [-0.4, -0.2) is 16.9 Å². The van der Waals surface area contributed by atoms with Crippen LogP contribution in [0.25, 0.3) is 0 Å². The van der Waals surface area contributed by atoms with Crippen molar-refractivity contribution in [1.82, 2.24) is 5.32 Å². The first-order valence-electron chi connectivity index (χ1n) is 8.55. The van der Waals surface area contributed by atoms with Crippen LogP contribution in [0.2, 0.25) is 5.02 Å². The lowest BCUT2D eigenvalue weighted by atomic mass is 9.95. The number of carbonyl (C=O) groups is 1. The lowest BCUT2D eigenvalue weighted by molar-refractivity contribution is -0.384. The van der Waals surface area contributed by atoms with Gasteiger partial charge < -0.3 is 5.32 Å². The van der Waals surface area contributed by atoms with E-state index in [1.807, 2.05) is 12.1 Å². The zero-order valence-electron chi connectivity index (χ0n) is 14.1. The van der Waals surface area contributed by atoms with E-state index in [0.717, 1.165) is 30.6 Å². The van der Waals surface area contributed by atoms with Crippen LogP contribution in [0.1, 0.15) is 42.5 Å². The van der Waals surface area contributed by atoms with Crippen LogP contribution in [0.5, 0.6) is 0 Å².